The summed E-state index contributed by atoms with van der Waals surface area (Å²) >= 11 is 0. The molecule has 4 N–H and O–H groups in total. The second-order valence-corrected chi connectivity index (χ2v) is 5.84. The third kappa shape index (κ3) is 5.94. The van der Waals surface area contributed by atoms with Crippen molar-refractivity contribution in [2.75, 3.05) is 13.1 Å². The van der Waals surface area contributed by atoms with Gasteiger partial charge in [-0.2, -0.15) is 0 Å². The molecule has 0 fully saturated rings. The summed E-state index contributed by atoms with van der Waals surface area (Å²) in [6, 6.07) is 5.99. The highest BCUT2D eigenvalue weighted by atomic mass is 19.3. The maximum absolute atomic E-state index is 13.1. The molecule has 1 atom stereocenters. The Labute approximate surface area is 134 Å². The van der Waals surface area contributed by atoms with E-state index in [0.717, 1.165) is 5.56 Å². The molecule has 7 heteroatoms. The maximum Gasteiger partial charge on any atom is 0.277 e. The highest BCUT2D eigenvalue weighted by Gasteiger charge is 2.30. The molecule has 0 aliphatic heterocycles. The van der Waals surface area contributed by atoms with Gasteiger partial charge in [0.1, 0.15) is 6.04 Å². The standard InChI is InChI=1S/C16H23F2N3O2/c1-10(2)13(15(23)20-9-16(17,18)8-19)21-14(22)12-6-4-5-11(3)7-12/h4-7,10,13H,8-9,19H2,1-3H3,(H,20,23)(H,21,22). The van der Waals surface area contributed by atoms with E-state index in [-0.39, 0.29) is 5.92 Å². The zero-order valence-corrected chi connectivity index (χ0v) is 13.5. The van der Waals surface area contributed by atoms with Gasteiger partial charge in [-0.25, -0.2) is 8.78 Å². The number of hydrogen-bond acceptors (Lipinski definition) is 3. The Bertz CT molecular complexity index is 562. The van der Waals surface area contributed by atoms with E-state index in [4.69, 9.17) is 5.73 Å². The normalized spacial score (nSPS) is 12.8. The second kappa shape index (κ2) is 8.01. The van der Waals surface area contributed by atoms with Crippen LogP contribution in [-0.2, 0) is 4.79 Å². The van der Waals surface area contributed by atoms with Gasteiger partial charge in [-0.3, -0.25) is 9.59 Å². The van der Waals surface area contributed by atoms with Gasteiger partial charge < -0.3 is 16.4 Å². The molecule has 5 nitrogen and oxygen atoms in total. The minimum absolute atomic E-state index is 0.254. The van der Waals surface area contributed by atoms with Crippen molar-refractivity contribution < 1.29 is 18.4 Å². The molecule has 1 unspecified atom stereocenters. The van der Waals surface area contributed by atoms with E-state index in [9.17, 15) is 18.4 Å². The summed E-state index contributed by atoms with van der Waals surface area (Å²) in [6.07, 6.45) is 0. The third-order valence-electron chi connectivity index (χ3n) is 3.34. The van der Waals surface area contributed by atoms with Crippen molar-refractivity contribution >= 4 is 11.8 Å². The fourth-order valence-electron chi connectivity index (χ4n) is 1.94. The highest BCUT2D eigenvalue weighted by molar-refractivity contribution is 5.97. The fraction of sp³-hybridized carbons (Fsp3) is 0.500. The number of halogens is 2. The molecule has 0 saturated carbocycles. The molecule has 0 bridgehead atoms. The van der Waals surface area contributed by atoms with Gasteiger partial charge >= 0.3 is 0 Å². The number of nitrogens with two attached hydrogens (primary N) is 1. The van der Waals surface area contributed by atoms with Gasteiger partial charge in [0.25, 0.3) is 11.8 Å². The van der Waals surface area contributed by atoms with Crippen LogP contribution in [0.1, 0.15) is 29.8 Å². The summed E-state index contributed by atoms with van der Waals surface area (Å²) < 4.78 is 26.2. The highest BCUT2D eigenvalue weighted by Crippen LogP contribution is 2.10. The summed E-state index contributed by atoms with van der Waals surface area (Å²) in [4.78, 5) is 24.3. The summed E-state index contributed by atoms with van der Waals surface area (Å²) in [7, 11) is 0. The minimum atomic E-state index is -3.17. The van der Waals surface area contributed by atoms with Crippen molar-refractivity contribution in [2.24, 2.45) is 11.7 Å². The molecule has 0 saturated heterocycles. The van der Waals surface area contributed by atoms with E-state index in [2.05, 4.69) is 10.6 Å². The Morgan fingerprint density at radius 1 is 1.30 bits per heavy atom. The number of rotatable bonds is 7. The van der Waals surface area contributed by atoms with Gasteiger partial charge in [0.05, 0.1) is 13.1 Å². The molecule has 1 rings (SSSR count). The van der Waals surface area contributed by atoms with Crippen molar-refractivity contribution in [3.8, 4) is 0 Å². The van der Waals surface area contributed by atoms with E-state index in [1.807, 2.05) is 13.0 Å². The third-order valence-corrected chi connectivity index (χ3v) is 3.34. The molecular formula is C16H23F2N3O2. The second-order valence-electron chi connectivity index (χ2n) is 5.84. The lowest BCUT2D eigenvalue weighted by atomic mass is 10.0. The molecule has 1 aromatic carbocycles. The zero-order valence-electron chi connectivity index (χ0n) is 13.5. The van der Waals surface area contributed by atoms with Crippen molar-refractivity contribution in [1.82, 2.24) is 10.6 Å². The predicted molar refractivity (Wildman–Crippen MR) is 84.3 cm³/mol. The van der Waals surface area contributed by atoms with Crippen molar-refractivity contribution in [3.05, 3.63) is 35.4 Å². The molecule has 23 heavy (non-hydrogen) atoms. The van der Waals surface area contributed by atoms with Crippen LogP contribution in [0.5, 0.6) is 0 Å². The quantitative estimate of drug-likeness (QED) is 0.709. The Morgan fingerprint density at radius 2 is 1.96 bits per heavy atom. The lowest BCUT2D eigenvalue weighted by Gasteiger charge is -2.23. The van der Waals surface area contributed by atoms with Crippen molar-refractivity contribution in [1.29, 1.82) is 0 Å². The average molecular weight is 327 g/mol. The minimum Gasteiger partial charge on any atom is -0.348 e. The van der Waals surface area contributed by atoms with Gasteiger partial charge in [0, 0.05) is 5.56 Å². The van der Waals surface area contributed by atoms with Crippen LogP contribution in [0.25, 0.3) is 0 Å². The number of alkyl halides is 2. The molecule has 0 aliphatic carbocycles. The van der Waals surface area contributed by atoms with Gasteiger partial charge in [-0.05, 0) is 25.0 Å². The molecule has 128 valence electrons. The lowest BCUT2D eigenvalue weighted by molar-refractivity contribution is -0.125. The van der Waals surface area contributed by atoms with Gasteiger partial charge in [0.15, 0.2) is 0 Å². The van der Waals surface area contributed by atoms with Crippen LogP contribution in [0.4, 0.5) is 8.78 Å². The Hall–Kier alpha value is -2.02. The molecule has 0 aliphatic rings. The van der Waals surface area contributed by atoms with Crippen LogP contribution in [-0.4, -0.2) is 36.9 Å². The topological polar surface area (TPSA) is 84.2 Å². The Balaban J connectivity index is 2.75. The summed E-state index contributed by atoms with van der Waals surface area (Å²) in [5.41, 5.74) is 6.25. The van der Waals surface area contributed by atoms with Crippen LogP contribution in [0, 0.1) is 12.8 Å². The number of aryl methyl sites for hydroxylation is 1. The lowest BCUT2D eigenvalue weighted by Crippen LogP contribution is -2.52. The van der Waals surface area contributed by atoms with Gasteiger partial charge in [0.2, 0.25) is 5.91 Å². The van der Waals surface area contributed by atoms with E-state index in [1.165, 1.54) is 0 Å². The van der Waals surface area contributed by atoms with Crippen LogP contribution >= 0.6 is 0 Å². The average Bonchev–Trinajstić information content (AvgIpc) is 2.49. The largest absolute Gasteiger partial charge is 0.348 e. The summed E-state index contributed by atoms with van der Waals surface area (Å²) in [6.45, 7) is 3.59. The first-order valence-corrected chi connectivity index (χ1v) is 7.39. The van der Waals surface area contributed by atoms with E-state index in [1.54, 1.807) is 32.0 Å². The number of amides is 2. The van der Waals surface area contributed by atoms with Crippen LogP contribution in [0.15, 0.2) is 24.3 Å². The Kier molecular flexibility index (Phi) is 6.62. The molecule has 0 aromatic heterocycles. The number of benzene rings is 1. The van der Waals surface area contributed by atoms with Crippen LogP contribution < -0.4 is 16.4 Å². The maximum atomic E-state index is 13.1. The summed E-state index contributed by atoms with van der Waals surface area (Å²) in [5, 5.41) is 4.73. The van der Waals surface area contributed by atoms with Crippen LogP contribution in [0.3, 0.4) is 0 Å². The molecule has 2 amide bonds. The SMILES string of the molecule is Cc1cccc(C(=O)NC(C(=O)NCC(F)(F)CN)C(C)C)c1. The predicted octanol–water partition coefficient (Wildman–Crippen LogP) is 1.46. The van der Waals surface area contributed by atoms with Crippen LogP contribution in [0.2, 0.25) is 0 Å². The van der Waals surface area contributed by atoms with Crippen molar-refractivity contribution in [2.45, 2.75) is 32.7 Å². The first-order chi connectivity index (χ1) is 10.7. The number of carbonyl (C=O) groups excluding carboxylic acids is 2. The molecular weight excluding hydrogens is 304 g/mol. The molecule has 0 heterocycles. The summed E-state index contributed by atoms with van der Waals surface area (Å²) in [5.74, 6) is -4.50. The van der Waals surface area contributed by atoms with E-state index in [0.29, 0.717) is 5.56 Å². The number of nitrogens with one attached hydrogen (secondary N) is 2. The van der Waals surface area contributed by atoms with Crippen molar-refractivity contribution in [3.63, 3.8) is 0 Å². The molecule has 0 radical (unpaired) electrons. The first kappa shape index (κ1) is 19.0. The Morgan fingerprint density at radius 3 is 2.48 bits per heavy atom. The van der Waals surface area contributed by atoms with Gasteiger partial charge in [-0.1, -0.05) is 31.5 Å². The molecule has 1 aromatic rings. The van der Waals surface area contributed by atoms with E-state index < -0.39 is 36.9 Å². The number of carbonyl (C=O) groups is 2. The smallest absolute Gasteiger partial charge is 0.277 e. The monoisotopic (exact) mass is 327 g/mol. The zero-order chi connectivity index (χ0) is 17.6. The first-order valence-electron chi connectivity index (χ1n) is 7.39. The fourth-order valence-corrected chi connectivity index (χ4v) is 1.94. The van der Waals surface area contributed by atoms with Gasteiger partial charge in [-0.15, -0.1) is 0 Å². The van der Waals surface area contributed by atoms with E-state index >= 15 is 0 Å². The number of hydrogen-bond donors (Lipinski definition) is 3. The molecule has 0 spiro atoms.